The number of hydrogen-bond acceptors (Lipinski definition) is 3. The summed E-state index contributed by atoms with van der Waals surface area (Å²) in [4.78, 5) is 7.39. The van der Waals surface area contributed by atoms with E-state index in [-0.39, 0.29) is 0 Å². The number of aromatic nitrogens is 1. The van der Waals surface area contributed by atoms with Gasteiger partial charge >= 0.3 is 0 Å². The van der Waals surface area contributed by atoms with Crippen LogP contribution in [0.15, 0.2) is 12.1 Å². The lowest BCUT2D eigenvalue weighted by molar-refractivity contribution is 0.611. The smallest absolute Gasteiger partial charge is 0.129 e. The fourth-order valence-corrected chi connectivity index (χ4v) is 3.16. The predicted octanol–water partition coefficient (Wildman–Crippen LogP) is 3.52. The van der Waals surface area contributed by atoms with Gasteiger partial charge in [-0.25, -0.2) is 4.98 Å². The standard InChI is InChI=1S/C17H29N3/c1-4-15-11-14(13-18-5-2)12-17(19-15)20(6-3)16-9-7-8-10-16/h11-12,16,18H,4-10,13H2,1-3H3. The Morgan fingerprint density at radius 2 is 1.95 bits per heavy atom. The van der Waals surface area contributed by atoms with E-state index >= 15 is 0 Å². The van der Waals surface area contributed by atoms with E-state index in [4.69, 9.17) is 4.98 Å². The summed E-state index contributed by atoms with van der Waals surface area (Å²) in [5.41, 5.74) is 2.58. The van der Waals surface area contributed by atoms with Gasteiger partial charge in [0.05, 0.1) is 0 Å². The minimum atomic E-state index is 0.701. The van der Waals surface area contributed by atoms with Crippen molar-refractivity contribution >= 4 is 5.82 Å². The molecule has 0 aliphatic heterocycles. The summed E-state index contributed by atoms with van der Waals surface area (Å²) < 4.78 is 0. The first-order valence-electron chi connectivity index (χ1n) is 8.25. The summed E-state index contributed by atoms with van der Waals surface area (Å²) in [6.45, 7) is 9.61. The van der Waals surface area contributed by atoms with Crippen molar-refractivity contribution in [3.63, 3.8) is 0 Å². The zero-order valence-electron chi connectivity index (χ0n) is 13.3. The lowest BCUT2D eigenvalue weighted by Crippen LogP contribution is -2.34. The normalized spacial score (nSPS) is 15.8. The monoisotopic (exact) mass is 275 g/mol. The molecule has 0 spiro atoms. The molecule has 1 aromatic rings. The van der Waals surface area contributed by atoms with Crippen LogP contribution in [0.1, 0.15) is 57.7 Å². The summed E-state index contributed by atoms with van der Waals surface area (Å²) >= 11 is 0. The topological polar surface area (TPSA) is 28.2 Å². The maximum absolute atomic E-state index is 4.87. The van der Waals surface area contributed by atoms with E-state index in [0.717, 1.165) is 26.1 Å². The molecule has 112 valence electrons. The summed E-state index contributed by atoms with van der Waals surface area (Å²) in [5.74, 6) is 1.19. The molecule has 0 radical (unpaired) electrons. The van der Waals surface area contributed by atoms with Crippen LogP contribution in [0.5, 0.6) is 0 Å². The van der Waals surface area contributed by atoms with Crippen LogP contribution in [-0.4, -0.2) is 24.1 Å². The van der Waals surface area contributed by atoms with Gasteiger partial charge in [0.1, 0.15) is 5.82 Å². The van der Waals surface area contributed by atoms with Gasteiger partial charge in [-0.2, -0.15) is 0 Å². The van der Waals surface area contributed by atoms with Gasteiger partial charge in [0.25, 0.3) is 0 Å². The fourth-order valence-electron chi connectivity index (χ4n) is 3.16. The average molecular weight is 275 g/mol. The van der Waals surface area contributed by atoms with Gasteiger partial charge in [-0.15, -0.1) is 0 Å². The first-order valence-corrected chi connectivity index (χ1v) is 8.25. The zero-order chi connectivity index (χ0) is 14.4. The van der Waals surface area contributed by atoms with E-state index in [0.29, 0.717) is 6.04 Å². The van der Waals surface area contributed by atoms with Gasteiger partial charge in [-0.05, 0) is 50.4 Å². The summed E-state index contributed by atoms with van der Waals surface area (Å²) in [5, 5.41) is 3.42. The van der Waals surface area contributed by atoms with Gasteiger partial charge < -0.3 is 10.2 Å². The lowest BCUT2D eigenvalue weighted by Gasteiger charge is -2.29. The number of nitrogens with one attached hydrogen (secondary N) is 1. The molecule has 3 nitrogen and oxygen atoms in total. The minimum Gasteiger partial charge on any atom is -0.354 e. The minimum absolute atomic E-state index is 0.701. The molecule has 0 atom stereocenters. The maximum Gasteiger partial charge on any atom is 0.129 e. The molecule has 0 saturated heterocycles. The summed E-state index contributed by atoms with van der Waals surface area (Å²) in [6.07, 6.45) is 6.41. The molecule has 0 unspecified atom stereocenters. The van der Waals surface area contributed by atoms with Crippen LogP contribution in [0.4, 0.5) is 5.82 Å². The Balaban J connectivity index is 2.22. The van der Waals surface area contributed by atoms with Crippen molar-refractivity contribution in [1.29, 1.82) is 0 Å². The van der Waals surface area contributed by atoms with Crippen molar-refractivity contribution in [2.24, 2.45) is 0 Å². The maximum atomic E-state index is 4.87. The number of rotatable bonds is 7. The molecular weight excluding hydrogens is 246 g/mol. The van der Waals surface area contributed by atoms with Gasteiger partial charge in [-0.3, -0.25) is 0 Å². The molecule has 1 aliphatic rings. The van der Waals surface area contributed by atoms with Crippen LogP contribution in [0.3, 0.4) is 0 Å². The quantitative estimate of drug-likeness (QED) is 0.825. The largest absolute Gasteiger partial charge is 0.354 e. The molecule has 2 rings (SSSR count). The van der Waals surface area contributed by atoms with Crippen molar-refractivity contribution < 1.29 is 0 Å². The molecule has 1 aromatic heterocycles. The number of nitrogens with zero attached hydrogens (tertiary/aromatic N) is 2. The van der Waals surface area contributed by atoms with Crippen molar-refractivity contribution in [3.8, 4) is 0 Å². The highest BCUT2D eigenvalue weighted by Gasteiger charge is 2.22. The van der Waals surface area contributed by atoms with Crippen molar-refractivity contribution in [2.75, 3.05) is 18.0 Å². The van der Waals surface area contributed by atoms with E-state index in [1.54, 1.807) is 0 Å². The van der Waals surface area contributed by atoms with Crippen LogP contribution in [0.2, 0.25) is 0 Å². The first kappa shape index (κ1) is 15.3. The van der Waals surface area contributed by atoms with E-state index in [1.165, 1.54) is 42.8 Å². The van der Waals surface area contributed by atoms with Crippen molar-refractivity contribution in [1.82, 2.24) is 10.3 Å². The van der Waals surface area contributed by atoms with Crippen LogP contribution < -0.4 is 10.2 Å². The Morgan fingerprint density at radius 1 is 1.20 bits per heavy atom. The lowest BCUT2D eigenvalue weighted by atomic mass is 10.1. The van der Waals surface area contributed by atoms with Crippen LogP contribution in [0.25, 0.3) is 0 Å². The summed E-state index contributed by atoms with van der Waals surface area (Å²) in [6, 6.07) is 5.23. The molecule has 1 heterocycles. The number of aryl methyl sites for hydroxylation is 1. The van der Waals surface area contributed by atoms with E-state index in [1.807, 2.05) is 0 Å². The summed E-state index contributed by atoms with van der Waals surface area (Å²) in [7, 11) is 0. The van der Waals surface area contributed by atoms with Crippen LogP contribution >= 0.6 is 0 Å². The highest BCUT2D eigenvalue weighted by Crippen LogP contribution is 2.27. The van der Waals surface area contributed by atoms with Crippen molar-refractivity contribution in [2.45, 2.75) is 65.5 Å². The third-order valence-corrected chi connectivity index (χ3v) is 4.27. The van der Waals surface area contributed by atoms with Gasteiger partial charge in [-0.1, -0.05) is 26.7 Å². The Hall–Kier alpha value is -1.09. The second-order valence-electron chi connectivity index (χ2n) is 5.68. The zero-order valence-corrected chi connectivity index (χ0v) is 13.3. The van der Waals surface area contributed by atoms with Crippen molar-refractivity contribution in [3.05, 3.63) is 23.4 Å². The molecule has 1 aliphatic carbocycles. The molecule has 3 heteroatoms. The van der Waals surface area contributed by atoms with Gasteiger partial charge in [0, 0.05) is 24.8 Å². The SMILES string of the molecule is CCNCc1cc(CC)nc(N(CC)C2CCCC2)c1. The first-order chi connectivity index (χ1) is 9.78. The number of anilines is 1. The predicted molar refractivity (Wildman–Crippen MR) is 86.3 cm³/mol. The second-order valence-corrected chi connectivity index (χ2v) is 5.68. The molecule has 1 fully saturated rings. The average Bonchev–Trinajstić information content (AvgIpc) is 2.99. The Kier molecular flexibility index (Phi) is 5.84. The van der Waals surface area contributed by atoms with Crippen LogP contribution in [-0.2, 0) is 13.0 Å². The van der Waals surface area contributed by atoms with Crippen LogP contribution in [0, 0.1) is 0 Å². The Bertz CT molecular complexity index is 411. The van der Waals surface area contributed by atoms with E-state index < -0.39 is 0 Å². The highest BCUT2D eigenvalue weighted by atomic mass is 15.2. The molecule has 1 saturated carbocycles. The molecule has 0 amide bonds. The molecule has 0 bridgehead atoms. The number of hydrogen-bond donors (Lipinski definition) is 1. The molecule has 1 N–H and O–H groups in total. The molecular formula is C17H29N3. The Morgan fingerprint density at radius 3 is 2.55 bits per heavy atom. The van der Waals surface area contributed by atoms with E-state index in [2.05, 4.69) is 43.1 Å². The third-order valence-electron chi connectivity index (χ3n) is 4.27. The highest BCUT2D eigenvalue weighted by molar-refractivity contribution is 5.44. The Labute approximate surface area is 123 Å². The van der Waals surface area contributed by atoms with Gasteiger partial charge in [0.2, 0.25) is 0 Å². The van der Waals surface area contributed by atoms with E-state index in [9.17, 15) is 0 Å². The molecule has 20 heavy (non-hydrogen) atoms. The number of pyridine rings is 1. The fraction of sp³-hybridized carbons (Fsp3) is 0.706. The third kappa shape index (κ3) is 3.72. The second kappa shape index (κ2) is 7.63. The van der Waals surface area contributed by atoms with Gasteiger partial charge in [0.15, 0.2) is 0 Å². The molecule has 0 aromatic carbocycles.